The molecular weight excluding hydrogens is 463 g/mol. The molecule has 2 aromatic heterocycles. The summed E-state index contributed by atoms with van der Waals surface area (Å²) in [6, 6.07) is 4.92. The summed E-state index contributed by atoms with van der Waals surface area (Å²) in [6.45, 7) is 1.79. The van der Waals surface area contributed by atoms with Crippen molar-refractivity contribution in [1.82, 2.24) is 14.5 Å². The van der Waals surface area contributed by atoms with Crippen LogP contribution in [-0.4, -0.2) is 20.4 Å². The maximum atomic E-state index is 13.1. The lowest BCUT2D eigenvalue weighted by Gasteiger charge is -2.24. The van der Waals surface area contributed by atoms with E-state index in [0.717, 1.165) is 25.7 Å². The summed E-state index contributed by atoms with van der Waals surface area (Å²) in [5, 5.41) is 7.24. The van der Waals surface area contributed by atoms with E-state index in [4.69, 9.17) is 39.3 Å². The van der Waals surface area contributed by atoms with Crippen LogP contribution in [-0.2, 0) is 7.05 Å². The minimum absolute atomic E-state index is 0.00270. The zero-order valence-electron chi connectivity index (χ0n) is 17.0. The van der Waals surface area contributed by atoms with Gasteiger partial charge < -0.3 is 9.84 Å². The number of carbonyl (C=O) groups excluding carboxylic acids is 1. The molecule has 0 radical (unpaired) electrons. The van der Waals surface area contributed by atoms with E-state index in [0.29, 0.717) is 21.3 Å². The lowest BCUT2D eigenvalue weighted by Crippen LogP contribution is -2.29. The van der Waals surface area contributed by atoms with Crippen molar-refractivity contribution in [1.29, 1.82) is 0 Å². The van der Waals surface area contributed by atoms with E-state index >= 15 is 0 Å². The molecule has 0 spiro atoms. The van der Waals surface area contributed by atoms with Gasteiger partial charge in [-0.3, -0.25) is 14.3 Å². The van der Waals surface area contributed by atoms with E-state index in [1.807, 2.05) is 7.05 Å². The topological polar surface area (TPSA) is 82.1 Å². The maximum absolute atomic E-state index is 13.1. The van der Waals surface area contributed by atoms with E-state index < -0.39 is 5.91 Å². The Hall–Kier alpha value is -2.22. The van der Waals surface area contributed by atoms with E-state index in [9.17, 15) is 9.59 Å². The molecule has 7 nitrogen and oxygen atoms in total. The fraction of sp³-hybridized carbons (Fsp3) is 0.381. The molecule has 0 saturated heterocycles. The van der Waals surface area contributed by atoms with Crippen LogP contribution in [0.4, 0.5) is 5.69 Å². The second kappa shape index (κ2) is 8.73. The summed E-state index contributed by atoms with van der Waals surface area (Å²) in [5.74, 6) is -0.482. The Labute approximate surface area is 193 Å². The van der Waals surface area contributed by atoms with Crippen molar-refractivity contribution >= 4 is 46.4 Å². The number of hydrogen-bond acceptors (Lipinski definition) is 4. The van der Waals surface area contributed by atoms with Crippen molar-refractivity contribution in [2.24, 2.45) is 7.05 Å². The number of nitrogens with zero attached hydrogens (tertiary/aromatic N) is 3. The Morgan fingerprint density at radius 2 is 1.90 bits per heavy atom. The van der Waals surface area contributed by atoms with Gasteiger partial charge in [-0.1, -0.05) is 59.2 Å². The van der Waals surface area contributed by atoms with Crippen LogP contribution < -0.4 is 10.9 Å². The number of nitrogens with one attached hydrogen (secondary N) is 1. The highest BCUT2D eigenvalue weighted by molar-refractivity contribution is 6.39. The number of hydrogen-bond donors (Lipinski definition) is 1. The molecule has 164 valence electrons. The van der Waals surface area contributed by atoms with Gasteiger partial charge in [-0.2, -0.15) is 0 Å². The lowest BCUT2D eigenvalue weighted by molar-refractivity contribution is 0.101. The minimum atomic E-state index is -0.633. The monoisotopic (exact) mass is 482 g/mol. The van der Waals surface area contributed by atoms with Crippen LogP contribution in [0.15, 0.2) is 27.5 Å². The summed E-state index contributed by atoms with van der Waals surface area (Å²) in [5.41, 5.74) is 0.960. The molecule has 1 saturated carbocycles. The molecular formula is C21H21Cl3N4O3. The molecule has 0 aliphatic heterocycles. The van der Waals surface area contributed by atoms with Gasteiger partial charge in [0.25, 0.3) is 11.5 Å². The first-order valence-corrected chi connectivity index (χ1v) is 11.1. The highest BCUT2D eigenvalue weighted by Gasteiger charge is 2.27. The zero-order valence-corrected chi connectivity index (χ0v) is 19.3. The lowest BCUT2D eigenvalue weighted by atomic mass is 9.96. The molecule has 1 amide bonds. The number of aromatic nitrogens is 3. The predicted octanol–water partition coefficient (Wildman–Crippen LogP) is 5.87. The van der Waals surface area contributed by atoms with Gasteiger partial charge in [0.15, 0.2) is 11.5 Å². The van der Waals surface area contributed by atoms with E-state index in [2.05, 4.69) is 10.5 Å². The molecule has 1 aromatic carbocycles. The van der Waals surface area contributed by atoms with Crippen molar-refractivity contribution in [2.45, 2.75) is 45.1 Å². The average Bonchev–Trinajstić information content (AvgIpc) is 3.22. The first-order valence-electron chi connectivity index (χ1n) is 9.99. The molecule has 0 bridgehead atoms. The summed E-state index contributed by atoms with van der Waals surface area (Å²) in [4.78, 5) is 26.0. The van der Waals surface area contributed by atoms with Crippen LogP contribution in [0.3, 0.4) is 0 Å². The van der Waals surface area contributed by atoms with Gasteiger partial charge in [-0.15, -0.1) is 0 Å². The van der Waals surface area contributed by atoms with Crippen LogP contribution in [0.25, 0.3) is 11.3 Å². The Balaban J connectivity index is 1.64. The number of benzene rings is 1. The molecule has 1 aliphatic carbocycles. The fourth-order valence-electron chi connectivity index (χ4n) is 4.04. The second-order valence-electron chi connectivity index (χ2n) is 7.68. The first kappa shape index (κ1) is 22.0. The Kier molecular flexibility index (Phi) is 6.19. The average molecular weight is 484 g/mol. The maximum Gasteiger partial charge on any atom is 0.291 e. The van der Waals surface area contributed by atoms with Crippen molar-refractivity contribution in [3.05, 3.63) is 55.0 Å². The Bertz CT molecular complexity index is 1210. The van der Waals surface area contributed by atoms with Crippen molar-refractivity contribution < 1.29 is 9.32 Å². The molecule has 4 rings (SSSR count). The smallest absolute Gasteiger partial charge is 0.291 e. The van der Waals surface area contributed by atoms with Crippen molar-refractivity contribution in [2.75, 3.05) is 5.32 Å². The third-order valence-electron chi connectivity index (χ3n) is 5.78. The largest absolute Gasteiger partial charge is 0.354 e. The molecule has 31 heavy (non-hydrogen) atoms. The predicted molar refractivity (Wildman–Crippen MR) is 121 cm³/mol. The highest BCUT2D eigenvalue weighted by atomic mass is 35.5. The van der Waals surface area contributed by atoms with Crippen molar-refractivity contribution in [3.8, 4) is 11.3 Å². The van der Waals surface area contributed by atoms with Crippen LogP contribution >= 0.6 is 34.8 Å². The summed E-state index contributed by atoms with van der Waals surface area (Å²) >= 11 is 18.5. The summed E-state index contributed by atoms with van der Waals surface area (Å²) < 4.78 is 8.82. The van der Waals surface area contributed by atoms with Gasteiger partial charge in [0.2, 0.25) is 0 Å². The van der Waals surface area contributed by atoms with Gasteiger partial charge in [0, 0.05) is 17.6 Å². The number of carbonyl (C=O) groups is 1. The highest BCUT2D eigenvalue weighted by Crippen LogP contribution is 2.36. The molecule has 1 fully saturated rings. The van der Waals surface area contributed by atoms with Gasteiger partial charge in [-0.05, 0) is 38.0 Å². The molecule has 3 aromatic rings. The van der Waals surface area contributed by atoms with Gasteiger partial charge in [0.05, 0.1) is 16.8 Å². The minimum Gasteiger partial charge on any atom is -0.354 e. The molecule has 0 unspecified atom stereocenters. The van der Waals surface area contributed by atoms with Crippen LogP contribution in [0.5, 0.6) is 0 Å². The number of amides is 1. The van der Waals surface area contributed by atoms with Crippen LogP contribution in [0.2, 0.25) is 15.1 Å². The SMILES string of the molecule is Cc1c(NC(=O)c2noc(-c3ccc(Cl)cc3Cl)c2Cl)c(=O)n(C2CCCCC2)n1C. The second-order valence-corrected chi connectivity index (χ2v) is 8.90. The van der Waals surface area contributed by atoms with Crippen molar-refractivity contribution in [3.63, 3.8) is 0 Å². The molecule has 2 heterocycles. The summed E-state index contributed by atoms with van der Waals surface area (Å²) in [6.07, 6.45) is 5.26. The molecule has 1 N–H and O–H groups in total. The van der Waals surface area contributed by atoms with Gasteiger partial charge in [-0.25, -0.2) is 4.68 Å². The first-order chi connectivity index (χ1) is 14.8. The molecule has 10 heteroatoms. The summed E-state index contributed by atoms with van der Waals surface area (Å²) in [7, 11) is 1.82. The third kappa shape index (κ3) is 4.02. The van der Waals surface area contributed by atoms with E-state index in [1.54, 1.807) is 28.4 Å². The molecule has 1 aliphatic rings. The Morgan fingerprint density at radius 1 is 1.19 bits per heavy atom. The van der Waals surface area contributed by atoms with Crippen LogP contribution in [0.1, 0.15) is 54.3 Å². The number of anilines is 1. The molecule has 0 atom stereocenters. The fourth-order valence-corrected chi connectivity index (χ4v) is 4.79. The van der Waals surface area contributed by atoms with Crippen LogP contribution in [0, 0.1) is 6.92 Å². The van der Waals surface area contributed by atoms with Gasteiger partial charge >= 0.3 is 0 Å². The Morgan fingerprint density at radius 3 is 2.58 bits per heavy atom. The number of halogens is 3. The third-order valence-corrected chi connectivity index (χ3v) is 6.68. The van der Waals surface area contributed by atoms with E-state index in [-0.39, 0.29) is 33.8 Å². The standard InChI is InChI=1S/C21H21Cl3N4O3/c1-11-17(21(30)28(27(11)2)13-6-4-3-5-7-13)25-20(29)18-16(24)19(31-26-18)14-9-8-12(22)10-15(14)23/h8-10,13H,3-7H2,1-2H3,(H,25,29). The zero-order chi connectivity index (χ0) is 22.3. The number of rotatable bonds is 4. The van der Waals surface area contributed by atoms with Gasteiger partial charge in [0.1, 0.15) is 10.7 Å². The van der Waals surface area contributed by atoms with E-state index in [1.165, 1.54) is 12.5 Å². The normalized spacial score (nSPS) is 14.7. The quantitative estimate of drug-likeness (QED) is 0.503.